The largest absolute Gasteiger partial charge is 0.0771 e. The summed E-state index contributed by atoms with van der Waals surface area (Å²) in [6.07, 6.45) is 6.20. The maximum atomic E-state index is 2.80. The van der Waals surface area contributed by atoms with Gasteiger partial charge < -0.3 is 0 Å². The quantitative estimate of drug-likeness (QED) is 0.442. The number of alkyl halides is 2. The van der Waals surface area contributed by atoms with Crippen molar-refractivity contribution in [3.05, 3.63) is 0 Å². The fraction of sp³-hybridized carbons (Fsp3) is 1.00. The molecule has 0 spiro atoms. The molecule has 0 aromatic heterocycles. The van der Waals surface area contributed by atoms with Crippen LogP contribution in [0.15, 0.2) is 0 Å². The predicted molar refractivity (Wildman–Crippen MR) is 65.9 cm³/mol. The first-order valence-electron chi connectivity index (χ1n) is 5.06. The van der Waals surface area contributed by atoms with Crippen LogP contribution in [0.1, 0.15) is 25.7 Å². The molecule has 6 atom stereocenters. The lowest BCUT2D eigenvalue weighted by Gasteiger charge is -2.84. The molecule has 4 fully saturated rings. The van der Waals surface area contributed by atoms with Crippen LogP contribution < -0.4 is 0 Å². The van der Waals surface area contributed by atoms with Crippen LogP contribution in [0.5, 0.6) is 0 Å². The van der Waals surface area contributed by atoms with Crippen molar-refractivity contribution < 1.29 is 0 Å². The topological polar surface area (TPSA) is 0 Å². The Morgan fingerprint density at radius 3 is 1.50 bits per heavy atom. The Hall–Kier alpha value is 1.46. The molecule has 66 valence electrons. The molecule has 0 N–H and O–H groups in total. The summed E-state index contributed by atoms with van der Waals surface area (Å²) in [4.78, 5) is 0. The first-order valence-corrected chi connectivity index (χ1v) is 7.22. The molecule has 0 amide bonds. The van der Waals surface area contributed by atoms with Crippen molar-refractivity contribution in [2.24, 2.45) is 23.7 Å². The fourth-order valence-electron chi connectivity index (χ4n) is 4.47. The van der Waals surface area contributed by atoms with Gasteiger partial charge in [-0.1, -0.05) is 45.2 Å². The zero-order valence-electron chi connectivity index (χ0n) is 6.89. The summed E-state index contributed by atoms with van der Waals surface area (Å²) >= 11 is 5.60. The lowest BCUT2D eigenvalue weighted by Crippen LogP contribution is -2.86. The summed E-state index contributed by atoms with van der Waals surface area (Å²) in [5.41, 5.74) is 0. The third kappa shape index (κ3) is 0.492. The molecule has 0 bridgehead atoms. The van der Waals surface area contributed by atoms with Gasteiger partial charge in [-0.15, -0.1) is 0 Å². The summed E-state index contributed by atoms with van der Waals surface area (Å²) in [6.45, 7) is 0. The second-order valence-electron chi connectivity index (χ2n) is 5.18. The molecule has 4 aliphatic carbocycles. The molecule has 0 nitrogen and oxygen atoms in total. The van der Waals surface area contributed by atoms with E-state index in [0.717, 1.165) is 6.84 Å². The first kappa shape index (κ1) is 7.71. The van der Waals surface area contributed by atoms with E-state index in [-0.39, 0.29) is 0 Å². The van der Waals surface area contributed by atoms with Crippen LogP contribution in [0.25, 0.3) is 0 Å². The highest BCUT2D eigenvalue weighted by Crippen LogP contribution is 2.85. The molecule has 4 rings (SSSR count). The molecule has 6 unspecified atom stereocenters. The van der Waals surface area contributed by atoms with Gasteiger partial charge in [-0.25, -0.2) is 0 Å². The van der Waals surface area contributed by atoms with E-state index in [1.807, 2.05) is 0 Å². The molecule has 0 aromatic carbocycles. The molecule has 0 aromatic rings. The summed E-state index contributed by atoms with van der Waals surface area (Å²) in [6, 6.07) is 0. The smallest absolute Gasteiger partial charge is 0.0405 e. The van der Waals surface area contributed by atoms with Crippen LogP contribution in [-0.2, 0) is 0 Å². The van der Waals surface area contributed by atoms with Gasteiger partial charge in [-0.3, -0.25) is 0 Å². The van der Waals surface area contributed by atoms with Gasteiger partial charge in [0, 0.05) is 6.84 Å². The Morgan fingerprint density at radius 1 is 0.833 bits per heavy atom. The van der Waals surface area contributed by atoms with E-state index in [9.17, 15) is 0 Å². The molecule has 0 radical (unpaired) electrons. The van der Waals surface area contributed by atoms with E-state index in [4.69, 9.17) is 0 Å². The molecular formula is C10H12I2. The van der Waals surface area contributed by atoms with Crippen molar-refractivity contribution in [2.75, 3.05) is 0 Å². The SMILES string of the molecule is IC12CCC1(I)C1C3CCC3C12. The van der Waals surface area contributed by atoms with Gasteiger partial charge in [0.25, 0.3) is 0 Å². The average Bonchev–Trinajstić information content (AvgIpc) is 2.03. The van der Waals surface area contributed by atoms with Crippen LogP contribution in [0.3, 0.4) is 0 Å². The van der Waals surface area contributed by atoms with Crippen molar-refractivity contribution in [3.63, 3.8) is 0 Å². The summed E-state index contributed by atoms with van der Waals surface area (Å²) in [7, 11) is 0. The number of hydrogen-bond donors (Lipinski definition) is 0. The summed E-state index contributed by atoms with van der Waals surface area (Å²) in [5, 5.41) is 0. The molecule has 4 aliphatic rings. The number of fused-ring (bicyclic) bond motifs is 7. The minimum atomic E-state index is 0.775. The second kappa shape index (κ2) is 1.89. The Labute approximate surface area is 101 Å². The van der Waals surface area contributed by atoms with E-state index in [2.05, 4.69) is 45.2 Å². The molecule has 12 heavy (non-hydrogen) atoms. The minimum absolute atomic E-state index is 0.775. The van der Waals surface area contributed by atoms with Crippen molar-refractivity contribution >= 4 is 45.2 Å². The predicted octanol–water partition coefficient (Wildman–Crippen LogP) is 3.41. The van der Waals surface area contributed by atoms with E-state index in [1.165, 1.54) is 36.5 Å². The van der Waals surface area contributed by atoms with Crippen molar-refractivity contribution in [3.8, 4) is 0 Å². The number of halogens is 2. The van der Waals surface area contributed by atoms with E-state index >= 15 is 0 Å². The fourth-order valence-corrected chi connectivity index (χ4v) is 7.97. The van der Waals surface area contributed by atoms with Gasteiger partial charge in [-0.2, -0.15) is 0 Å². The van der Waals surface area contributed by atoms with Crippen LogP contribution in [-0.4, -0.2) is 6.84 Å². The zero-order valence-corrected chi connectivity index (χ0v) is 11.2. The maximum absolute atomic E-state index is 2.80. The van der Waals surface area contributed by atoms with Crippen LogP contribution in [0, 0.1) is 23.7 Å². The Bertz CT molecular complexity index is 249. The summed E-state index contributed by atoms with van der Waals surface area (Å²) in [5.74, 6) is 4.72. The molecular weight excluding hydrogens is 374 g/mol. The number of hydrogen-bond acceptors (Lipinski definition) is 0. The van der Waals surface area contributed by atoms with E-state index in [1.54, 1.807) is 12.8 Å². The van der Waals surface area contributed by atoms with Crippen molar-refractivity contribution in [1.82, 2.24) is 0 Å². The third-order valence-corrected chi connectivity index (χ3v) is 10.8. The van der Waals surface area contributed by atoms with Crippen molar-refractivity contribution in [1.29, 1.82) is 0 Å². The standard InChI is InChI=1S/C10H12I2/c11-9-3-4-10(9,12)8-6-2-1-5(6)7(8)9/h5-8H,1-4H2. The molecule has 0 aliphatic heterocycles. The molecule has 0 heterocycles. The second-order valence-corrected chi connectivity index (χ2v) is 9.03. The Balaban J connectivity index is 1.76. The Morgan fingerprint density at radius 2 is 1.25 bits per heavy atom. The normalized spacial score (nSPS) is 76.5. The zero-order chi connectivity index (χ0) is 8.14. The highest BCUT2D eigenvalue weighted by molar-refractivity contribution is 14.1. The van der Waals surface area contributed by atoms with Gasteiger partial charge in [0.05, 0.1) is 0 Å². The minimum Gasteiger partial charge on any atom is -0.0771 e. The molecule has 0 saturated heterocycles. The molecule has 4 saturated carbocycles. The van der Waals surface area contributed by atoms with Gasteiger partial charge in [0.15, 0.2) is 0 Å². The lowest BCUT2D eigenvalue weighted by atomic mass is 9.28. The molecule has 2 heteroatoms. The van der Waals surface area contributed by atoms with Gasteiger partial charge in [-0.05, 0) is 49.4 Å². The average molecular weight is 386 g/mol. The maximum Gasteiger partial charge on any atom is 0.0405 e. The van der Waals surface area contributed by atoms with E-state index in [0.29, 0.717) is 0 Å². The van der Waals surface area contributed by atoms with Gasteiger partial charge in [0.2, 0.25) is 0 Å². The lowest BCUT2D eigenvalue weighted by molar-refractivity contribution is -0.235. The van der Waals surface area contributed by atoms with Crippen LogP contribution in [0.4, 0.5) is 0 Å². The summed E-state index contributed by atoms with van der Waals surface area (Å²) < 4.78 is 1.55. The van der Waals surface area contributed by atoms with Crippen LogP contribution in [0.2, 0.25) is 0 Å². The monoisotopic (exact) mass is 386 g/mol. The van der Waals surface area contributed by atoms with Crippen molar-refractivity contribution in [2.45, 2.75) is 32.5 Å². The van der Waals surface area contributed by atoms with Gasteiger partial charge >= 0.3 is 0 Å². The third-order valence-electron chi connectivity index (χ3n) is 5.29. The highest BCUT2D eigenvalue weighted by atomic mass is 127. The number of rotatable bonds is 0. The van der Waals surface area contributed by atoms with Crippen LogP contribution >= 0.6 is 45.2 Å². The highest BCUT2D eigenvalue weighted by Gasteiger charge is 2.84. The van der Waals surface area contributed by atoms with E-state index < -0.39 is 0 Å². The first-order chi connectivity index (χ1) is 5.68. The van der Waals surface area contributed by atoms with Gasteiger partial charge in [0.1, 0.15) is 0 Å². The Kier molecular flexibility index (Phi) is 1.21.